The Kier molecular flexibility index (Phi) is 5.01. The van der Waals surface area contributed by atoms with Gasteiger partial charge in [-0.3, -0.25) is 0 Å². The number of sulfonamides is 1. The molecule has 0 saturated heterocycles. The van der Waals surface area contributed by atoms with E-state index in [0.29, 0.717) is 6.07 Å². The summed E-state index contributed by atoms with van der Waals surface area (Å²) in [4.78, 5) is -0.301. The van der Waals surface area contributed by atoms with Crippen molar-refractivity contribution in [3.63, 3.8) is 0 Å². The molecule has 2 aromatic rings. The Morgan fingerprint density at radius 2 is 1.68 bits per heavy atom. The summed E-state index contributed by atoms with van der Waals surface area (Å²) in [5, 5.41) is 0.0615. The highest BCUT2D eigenvalue weighted by molar-refractivity contribution is 7.89. The van der Waals surface area contributed by atoms with Crippen molar-refractivity contribution >= 4 is 33.2 Å². The number of hydrogen-bond acceptors (Lipinski definition) is 2. The van der Waals surface area contributed by atoms with Crippen LogP contribution in [0.3, 0.4) is 0 Å². The molecule has 0 spiro atoms. The van der Waals surface area contributed by atoms with Gasteiger partial charge in [0, 0.05) is 17.1 Å². The summed E-state index contributed by atoms with van der Waals surface area (Å²) in [6.07, 6.45) is 0. The molecule has 0 unspecified atom stereocenters. The van der Waals surface area contributed by atoms with E-state index in [-0.39, 0.29) is 20.5 Å². The average Bonchev–Trinajstić information content (AvgIpc) is 2.46. The van der Waals surface area contributed by atoms with E-state index in [2.05, 4.69) is 0 Å². The second-order valence-electron chi connectivity index (χ2n) is 4.23. The zero-order valence-corrected chi connectivity index (χ0v) is 13.0. The molecule has 1 N–H and O–H groups in total. The predicted octanol–water partition coefficient (Wildman–Crippen LogP) is 3.89. The number of nitrogens with one attached hydrogen (secondary N) is 1. The second kappa shape index (κ2) is 6.45. The van der Waals surface area contributed by atoms with Crippen LogP contribution in [0.1, 0.15) is 5.56 Å². The van der Waals surface area contributed by atoms with Crippen LogP contribution in [0.4, 0.5) is 13.2 Å². The second-order valence-corrected chi connectivity index (χ2v) is 6.81. The van der Waals surface area contributed by atoms with E-state index in [1.165, 1.54) is 12.1 Å². The Morgan fingerprint density at radius 1 is 1.00 bits per heavy atom. The van der Waals surface area contributed by atoms with Crippen LogP contribution < -0.4 is 4.72 Å². The van der Waals surface area contributed by atoms with Gasteiger partial charge in [-0.2, -0.15) is 0 Å². The fraction of sp³-hybridized carbons (Fsp3) is 0.0769. The van der Waals surface area contributed by atoms with E-state index in [4.69, 9.17) is 23.2 Å². The van der Waals surface area contributed by atoms with Crippen molar-refractivity contribution in [2.75, 3.05) is 0 Å². The lowest BCUT2D eigenvalue weighted by atomic mass is 10.2. The maximum absolute atomic E-state index is 13.5. The topological polar surface area (TPSA) is 46.2 Å². The summed E-state index contributed by atoms with van der Waals surface area (Å²) in [5.74, 6) is -4.49. The first-order valence-corrected chi connectivity index (χ1v) is 8.03. The lowest BCUT2D eigenvalue weighted by molar-refractivity contribution is 0.440. The summed E-state index contributed by atoms with van der Waals surface area (Å²) >= 11 is 11.5. The highest BCUT2D eigenvalue weighted by Gasteiger charge is 2.20. The third-order valence-corrected chi connectivity index (χ3v) is 4.87. The number of benzene rings is 2. The monoisotopic (exact) mass is 369 g/mol. The molecule has 118 valence electrons. The van der Waals surface area contributed by atoms with Gasteiger partial charge in [0.05, 0.1) is 5.02 Å². The van der Waals surface area contributed by atoms with Crippen LogP contribution >= 0.6 is 23.2 Å². The molecule has 9 heteroatoms. The van der Waals surface area contributed by atoms with Crippen LogP contribution in [0, 0.1) is 17.5 Å². The Balaban J connectivity index is 2.27. The van der Waals surface area contributed by atoms with E-state index in [0.717, 1.165) is 12.1 Å². The standard InChI is InChI=1S/C13H8Cl2F3NO2S/c14-8-2-3-9(15)11(5-8)22(20,21)19-6-7-1-4-10(16)13(18)12(7)17/h1-5,19H,6H2. The first-order valence-electron chi connectivity index (χ1n) is 5.79. The maximum atomic E-state index is 13.5. The molecule has 0 saturated carbocycles. The van der Waals surface area contributed by atoms with Gasteiger partial charge >= 0.3 is 0 Å². The van der Waals surface area contributed by atoms with Crippen LogP contribution in [-0.4, -0.2) is 8.42 Å². The normalized spacial score (nSPS) is 11.7. The Hall–Kier alpha value is -1.28. The van der Waals surface area contributed by atoms with Crippen LogP contribution in [0.15, 0.2) is 35.2 Å². The highest BCUT2D eigenvalue weighted by Crippen LogP contribution is 2.25. The Morgan fingerprint density at radius 3 is 2.36 bits per heavy atom. The van der Waals surface area contributed by atoms with Crippen LogP contribution in [-0.2, 0) is 16.6 Å². The van der Waals surface area contributed by atoms with Crippen LogP contribution in [0.25, 0.3) is 0 Å². The zero-order valence-electron chi connectivity index (χ0n) is 10.7. The molecule has 0 fully saturated rings. The van der Waals surface area contributed by atoms with Gasteiger partial charge in [0.25, 0.3) is 0 Å². The molecular formula is C13H8Cl2F3NO2S. The molecule has 0 atom stereocenters. The van der Waals surface area contributed by atoms with E-state index in [1.807, 2.05) is 4.72 Å². The lowest BCUT2D eigenvalue weighted by Crippen LogP contribution is -2.24. The van der Waals surface area contributed by atoms with Gasteiger partial charge in [0.2, 0.25) is 10.0 Å². The van der Waals surface area contributed by atoms with Crippen molar-refractivity contribution in [3.8, 4) is 0 Å². The van der Waals surface area contributed by atoms with Crippen molar-refractivity contribution in [2.24, 2.45) is 0 Å². The molecular weight excluding hydrogens is 362 g/mol. The summed E-state index contributed by atoms with van der Waals surface area (Å²) in [5.41, 5.74) is -0.347. The van der Waals surface area contributed by atoms with E-state index in [9.17, 15) is 21.6 Å². The van der Waals surface area contributed by atoms with Gasteiger partial charge in [0.1, 0.15) is 4.90 Å². The van der Waals surface area contributed by atoms with Gasteiger partial charge < -0.3 is 0 Å². The van der Waals surface area contributed by atoms with Crippen LogP contribution in [0.5, 0.6) is 0 Å². The number of hydrogen-bond donors (Lipinski definition) is 1. The van der Waals surface area contributed by atoms with Crippen molar-refractivity contribution in [1.29, 1.82) is 0 Å². The van der Waals surface area contributed by atoms with Crippen LogP contribution in [0.2, 0.25) is 10.0 Å². The molecule has 0 aliphatic carbocycles. The minimum Gasteiger partial charge on any atom is -0.207 e. The van der Waals surface area contributed by atoms with Gasteiger partial charge in [-0.05, 0) is 24.3 Å². The van der Waals surface area contributed by atoms with Gasteiger partial charge in [-0.25, -0.2) is 26.3 Å². The summed E-state index contributed by atoms with van der Waals surface area (Å²) < 4.78 is 65.6. The molecule has 0 aromatic heterocycles. The smallest absolute Gasteiger partial charge is 0.207 e. The number of rotatable bonds is 4. The largest absolute Gasteiger partial charge is 0.242 e. The molecule has 22 heavy (non-hydrogen) atoms. The first-order chi connectivity index (χ1) is 10.2. The minimum absolute atomic E-state index is 0.0809. The van der Waals surface area contributed by atoms with Crippen molar-refractivity contribution < 1.29 is 21.6 Å². The fourth-order valence-electron chi connectivity index (χ4n) is 1.64. The average molecular weight is 370 g/mol. The molecule has 0 heterocycles. The first kappa shape index (κ1) is 17.1. The van der Waals surface area contributed by atoms with Gasteiger partial charge in [-0.15, -0.1) is 0 Å². The molecule has 0 radical (unpaired) electrons. The third kappa shape index (κ3) is 3.55. The summed E-state index contributed by atoms with van der Waals surface area (Å²) in [7, 11) is -4.10. The third-order valence-electron chi connectivity index (χ3n) is 2.75. The Labute approximate surface area is 134 Å². The molecule has 0 bridgehead atoms. The van der Waals surface area contributed by atoms with Crippen molar-refractivity contribution in [1.82, 2.24) is 4.72 Å². The van der Waals surface area contributed by atoms with Gasteiger partial charge in [-0.1, -0.05) is 29.3 Å². The van der Waals surface area contributed by atoms with E-state index < -0.39 is 34.0 Å². The number of halogens is 5. The summed E-state index contributed by atoms with van der Waals surface area (Å²) in [6, 6.07) is 5.45. The SMILES string of the molecule is O=S(=O)(NCc1ccc(F)c(F)c1F)c1cc(Cl)ccc1Cl. The van der Waals surface area contributed by atoms with Crippen molar-refractivity contribution in [3.05, 3.63) is 63.4 Å². The Bertz CT molecular complexity index is 828. The fourth-order valence-corrected chi connectivity index (χ4v) is 3.40. The zero-order chi connectivity index (χ0) is 16.5. The highest BCUT2D eigenvalue weighted by atomic mass is 35.5. The van der Waals surface area contributed by atoms with Gasteiger partial charge in [0.15, 0.2) is 17.5 Å². The predicted molar refractivity (Wildman–Crippen MR) is 76.8 cm³/mol. The molecule has 2 rings (SSSR count). The molecule has 0 amide bonds. The lowest BCUT2D eigenvalue weighted by Gasteiger charge is -2.10. The van der Waals surface area contributed by atoms with Crippen molar-refractivity contribution in [2.45, 2.75) is 11.4 Å². The molecule has 2 aromatic carbocycles. The molecule has 0 aliphatic rings. The maximum Gasteiger partial charge on any atom is 0.242 e. The quantitative estimate of drug-likeness (QED) is 0.831. The molecule has 3 nitrogen and oxygen atoms in total. The van der Waals surface area contributed by atoms with E-state index >= 15 is 0 Å². The minimum atomic E-state index is -4.10. The van der Waals surface area contributed by atoms with E-state index in [1.54, 1.807) is 0 Å². The molecule has 0 aliphatic heterocycles. The summed E-state index contributed by atoms with van der Waals surface area (Å²) in [6.45, 7) is -0.575.